The van der Waals surface area contributed by atoms with Gasteiger partial charge in [0.15, 0.2) is 0 Å². The molecule has 0 aliphatic heterocycles. The Bertz CT molecular complexity index is 534. The molecule has 0 heterocycles. The number of carboxylic acid groups (broad SMARTS) is 1. The first kappa shape index (κ1) is 20.5. The van der Waals surface area contributed by atoms with Crippen molar-refractivity contribution in [1.29, 1.82) is 0 Å². The predicted molar refractivity (Wildman–Crippen MR) is 93.0 cm³/mol. The van der Waals surface area contributed by atoms with Gasteiger partial charge in [-0.2, -0.15) is 0 Å². The van der Waals surface area contributed by atoms with Crippen molar-refractivity contribution in [3.05, 3.63) is 35.9 Å². The van der Waals surface area contributed by atoms with E-state index < -0.39 is 12.1 Å². The second kappa shape index (κ2) is 12.8. The fourth-order valence-electron chi connectivity index (χ4n) is 2.11. The molecule has 1 aromatic rings. The number of benzene rings is 1. The molecule has 138 valence electrons. The number of carbonyl (C=O) groups excluding carboxylic acids is 2. The highest BCUT2D eigenvalue weighted by Crippen LogP contribution is 2.01. The van der Waals surface area contributed by atoms with Gasteiger partial charge in [-0.15, -0.1) is 0 Å². The van der Waals surface area contributed by atoms with Crippen molar-refractivity contribution < 1.29 is 24.2 Å². The number of carboxylic acids is 1. The molecule has 0 saturated carbocycles. The number of amides is 2. The molecule has 0 fully saturated rings. The van der Waals surface area contributed by atoms with Gasteiger partial charge in [-0.3, -0.25) is 9.59 Å². The van der Waals surface area contributed by atoms with E-state index in [1.165, 1.54) is 0 Å². The lowest BCUT2D eigenvalue weighted by atomic mass is 10.2. The molecular weight excluding hydrogens is 324 g/mol. The van der Waals surface area contributed by atoms with Gasteiger partial charge in [-0.25, -0.2) is 4.79 Å². The van der Waals surface area contributed by atoms with E-state index in [1.54, 1.807) is 0 Å². The topological polar surface area (TPSA) is 105 Å². The maximum absolute atomic E-state index is 11.6. The Labute approximate surface area is 147 Å². The molecule has 0 unspecified atom stereocenters. The Morgan fingerprint density at radius 3 is 2.32 bits per heavy atom. The number of hydrogen-bond donors (Lipinski definition) is 3. The summed E-state index contributed by atoms with van der Waals surface area (Å²) in [5.74, 6) is -0.864. The van der Waals surface area contributed by atoms with Crippen molar-refractivity contribution >= 4 is 18.0 Å². The normalized spacial score (nSPS) is 10.1. The first-order chi connectivity index (χ1) is 12.1. The van der Waals surface area contributed by atoms with E-state index in [1.807, 2.05) is 30.3 Å². The molecule has 1 rings (SSSR count). The number of nitrogens with one attached hydrogen (secondary N) is 2. The quantitative estimate of drug-likeness (QED) is 0.502. The monoisotopic (exact) mass is 350 g/mol. The van der Waals surface area contributed by atoms with Crippen molar-refractivity contribution in [2.24, 2.45) is 0 Å². The molecular formula is C18H26N2O5. The second-order valence-corrected chi connectivity index (χ2v) is 5.65. The molecule has 3 N–H and O–H groups in total. The van der Waals surface area contributed by atoms with Gasteiger partial charge in [0.05, 0.1) is 0 Å². The van der Waals surface area contributed by atoms with Crippen LogP contribution in [0.25, 0.3) is 0 Å². The molecule has 7 nitrogen and oxygen atoms in total. The SMILES string of the molecule is O=C(O)CCCCCNC(=O)CCCNC(=O)OCc1ccccc1. The highest BCUT2D eigenvalue weighted by atomic mass is 16.5. The fourth-order valence-corrected chi connectivity index (χ4v) is 2.11. The minimum atomic E-state index is -0.793. The van der Waals surface area contributed by atoms with Gasteiger partial charge in [0.1, 0.15) is 6.61 Å². The average molecular weight is 350 g/mol. The van der Waals surface area contributed by atoms with Crippen LogP contribution in [0.4, 0.5) is 4.79 Å². The highest BCUT2D eigenvalue weighted by molar-refractivity contribution is 5.75. The third-order valence-electron chi connectivity index (χ3n) is 3.45. The number of hydrogen-bond acceptors (Lipinski definition) is 4. The first-order valence-electron chi connectivity index (χ1n) is 8.51. The smallest absolute Gasteiger partial charge is 0.407 e. The van der Waals surface area contributed by atoms with Crippen molar-refractivity contribution in [2.75, 3.05) is 13.1 Å². The lowest BCUT2D eigenvalue weighted by molar-refractivity contribution is -0.137. The zero-order chi connectivity index (χ0) is 18.3. The van der Waals surface area contributed by atoms with Crippen LogP contribution in [0, 0.1) is 0 Å². The largest absolute Gasteiger partial charge is 0.481 e. The minimum Gasteiger partial charge on any atom is -0.481 e. The molecule has 0 radical (unpaired) electrons. The van der Waals surface area contributed by atoms with Gasteiger partial charge in [-0.05, 0) is 24.8 Å². The van der Waals surface area contributed by atoms with Crippen LogP contribution in [0.2, 0.25) is 0 Å². The Balaban J connectivity index is 1.95. The predicted octanol–water partition coefficient (Wildman–Crippen LogP) is 2.45. The zero-order valence-electron chi connectivity index (χ0n) is 14.3. The summed E-state index contributed by atoms with van der Waals surface area (Å²) in [6.45, 7) is 1.14. The Morgan fingerprint density at radius 2 is 1.60 bits per heavy atom. The lowest BCUT2D eigenvalue weighted by Gasteiger charge is -2.07. The molecule has 25 heavy (non-hydrogen) atoms. The number of rotatable bonds is 12. The van der Waals surface area contributed by atoms with Crippen LogP contribution in [0.15, 0.2) is 30.3 Å². The fraction of sp³-hybridized carbons (Fsp3) is 0.500. The number of alkyl carbamates (subject to hydrolysis) is 1. The van der Waals surface area contributed by atoms with Gasteiger partial charge >= 0.3 is 12.1 Å². The van der Waals surface area contributed by atoms with E-state index in [9.17, 15) is 14.4 Å². The van der Waals surface area contributed by atoms with Crippen LogP contribution in [0.3, 0.4) is 0 Å². The minimum absolute atomic E-state index is 0.0716. The van der Waals surface area contributed by atoms with Gasteiger partial charge < -0.3 is 20.5 Å². The van der Waals surface area contributed by atoms with E-state index in [-0.39, 0.29) is 18.9 Å². The summed E-state index contributed by atoms with van der Waals surface area (Å²) >= 11 is 0. The number of ether oxygens (including phenoxy) is 1. The Kier molecular flexibility index (Phi) is 10.5. The first-order valence-corrected chi connectivity index (χ1v) is 8.51. The van der Waals surface area contributed by atoms with Crippen LogP contribution >= 0.6 is 0 Å². The number of aliphatic carboxylic acids is 1. The van der Waals surface area contributed by atoms with E-state index in [0.717, 1.165) is 18.4 Å². The van der Waals surface area contributed by atoms with Crippen molar-refractivity contribution in [1.82, 2.24) is 10.6 Å². The van der Waals surface area contributed by atoms with E-state index in [2.05, 4.69) is 10.6 Å². The van der Waals surface area contributed by atoms with Crippen molar-refractivity contribution in [3.8, 4) is 0 Å². The van der Waals surface area contributed by atoms with E-state index in [0.29, 0.717) is 32.4 Å². The molecule has 0 spiro atoms. The van der Waals surface area contributed by atoms with Crippen molar-refractivity contribution in [2.45, 2.75) is 45.1 Å². The summed E-state index contributed by atoms with van der Waals surface area (Å²) in [6.07, 6.45) is 2.70. The molecule has 7 heteroatoms. The van der Waals surface area contributed by atoms with Crippen LogP contribution < -0.4 is 10.6 Å². The second-order valence-electron chi connectivity index (χ2n) is 5.65. The number of carbonyl (C=O) groups is 3. The summed E-state index contributed by atoms with van der Waals surface area (Å²) < 4.78 is 5.06. The van der Waals surface area contributed by atoms with E-state index >= 15 is 0 Å². The summed E-state index contributed by atoms with van der Waals surface area (Å²) in [4.78, 5) is 33.4. The Morgan fingerprint density at radius 1 is 0.880 bits per heavy atom. The molecule has 0 aliphatic rings. The van der Waals surface area contributed by atoms with Gasteiger partial charge in [0.2, 0.25) is 5.91 Å². The molecule has 2 amide bonds. The van der Waals surface area contributed by atoms with Crippen LogP contribution in [0.1, 0.15) is 44.1 Å². The third-order valence-corrected chi connectivity index (χ3v) is 3.45. The van der Waals surface area contributed by atoms with E-state index in [4.69, 9.17) is 9.84 Å². The molecule has 0 saturated heterocycles. The van der Waals surface area contributed by atoms with Crippen LogP contribution in [-0.2, 0) is 20.9 Å². The summed E-state index contributed by atoms with van der Waals surface area (Å²) in [6, 6.07) is 9.39. The standard InChI is InChI=1S/C18H26N2O5/c21-16(19-12-6-2-5-11-17(22)23)10-7-13-20-18(24)25-14-15-8-3-1-4-9-15/h1,3-4,8-9H,2,5-7,10-14H2,(H,19,21)(H,20,24)(H,22,23). The van der Waals surface area contributed by atoms with Gasteiger partial charge in [-0.1, -0.05) is 36.8 Å². The molecule has 0 aromatic heterocycles. The molecule has 0 bridgehead atoms. The van der Waals surface area contributed by atoms with Gasteiger partial charge in [0.25, 0.3) is 0 Å². The van der Waals surface area contributed by atoms with Gasteiger partial charge in [0, 0.05) is 25.9 Å². The Hall–Kier alpha value is -2.57. The lowest BCUT2D eigenvalue weighted by Crippen LogP contribution is -2.28. The molecule has 0 aliphatic carbocycles. The maximum atomic E-state index is 11.6. The summed E-state index contributed by atoms with van der Waals surface area (Å²) in [5, 5.41) is 13.9. The molecule has 1 aromatic carbocycles. The van der Waals surface area contributed by atoms with Crippen molar-refractivity contribution in [3.63, 3.8) is 0 Å². The van der Waals surface area contributed by atoms with Crippen LogP contribution in [0.5, 0.6) is 0 Å². The highest BCUT2D eigenvalue weighted by Gasteiger charge is 2.04. The zero-order valence-corrected chi connectivity index (χ0v) is 14.3. The number of unbranched alkanes of at least 4 members (excludes halogenated alkanes) is 2. The summed E-state index contributed by atoms with van der Waals surface area (Å²) in [5.41, 5.74) is 0.917. The maximum Gasteiger partial charge on any atom is 0.407 e. The van der Waals surface area contributed by atoms with Crippen LogP contribution in [-0.4, -0.2) is 36.2 Å². The average Bonchev–Trinajstić information content (AvgIpc) is 2.60. The molecule has 0 atom stereocenters. The third kappa shape index (κ3) is 11.6. The summed E-state index contributed by atoms with van der Waals surface area (Å²) in [7, 11) is 0.